The summed E-state index contributed by atoms with van der Waals surface area (Å²) < 4.78 is 5.65. The van der Waals surface area contributed by atoms with Crippen LogP contribution in [0.2, 0.25) is 0 Å². The third-order valence-corrected chi connectivity index (χ3v) is 4.91. The van der Waals surface area contributed by atoms with E-state index in [1.165, 1.54) is 31.2 Å². The Hall–Kier alpha value is -3.02. The summed E-state index contributed by atoms with van der Waals surface area (Å²) >= 11 is 0. The minimum Gasteiger partial charge on any atom is -0.508 e. The minimum atomic E-state index is -1.72. The van der Waals surface area contributed by atoms with Gasteiger partial charge in [0.15, 0.2) is 0 Å². The first-order valence-electron chi connectivity index (χ1n) is 9.14. The van der Waals surface area contributed by atoms with E-state index < -0.39 is 23.3 Å². The van der Waals surface area contributed by atoms with E-state index in [0.29, 0.717) is 29.4 Å². The van der Waals surface area contributed by atoms with Crippen molar-refractivity contribution in [2.45, 2.75) is 38.5 Å². The molecule has 0 saturated carbocycles. The lowest BCUT2D eigenvalue weighted by Crippen LogP contribution is -2.42. The molecule has 0 aliphatic rings. The molecule has 2 aromatic rings. The van der Waals surface area contributed by atoms with Crippen LogP contribution >= 0.6 is 0 Å². The molecule has 0 aliphatic heterocycles. The molecule has 150 valence electrons. The van der Waals surface area contributed by atoms with Gasteiger partial charge >= 0.3 is 11.9 Å². The highest BCUT2D eigenvalue weighted by Crippen LogP contribution is 2.40. The monoisotopic (exact) mass is 386 g/mol. The van der Waals surface area contributed by atoms with Gasteiger partial charge in [0, 0.05) is 0 Å². The van der Waals surface area contributed by atoms with Crippen LogP contribution in [0, 0.1) is 5.92 Å². The lowest BCUT2D eigenvalue weighted by atomic mass is 9.69. The summed E-state index contributed by atoms with van der Waals surface area (Å²) in [7, 11) is 0. The fourth-order valence-electron chi connectivity index (χ4n) is 3.11. The van der Waals surface area contributed by atoms with Crippen LogP contribution in [0.25, 0.3) is 0 Å². The molecule has 0 spiro atoms. The number of hydrogen-bond acceptors (Lipinski definition) is 4. The van der Waals surface area contributed by atoms with Gasteiger partial charge < -0.3 is 20.1 Å². The Morgan fingerprint density at radius 2 is 1.57 bits per heavy atom. The number of carboxylic acid groups (broad SMARTS) is 2. The van der Waals surface area contributed by atoms with E-state index in [1.54, 1.807) is 24.3 Å². The maximum Gasteiger partial charge on any atom is 0.315 e. The molecule has 0 radical (unpaired) electrons. The zero-order valence-corrected chi connectivity index (χ0v) is 16.3. The van der Waals surface area contributed by atoms with Crippen molar-refractivity contribution in [3.63, 3.8) is 0 Å². The average molecular weight is 386 g/mol. The van der Waals surface area contributed by atoms with Crippen LogP contribution in [0.5, 0.6) is 11.5 Å². The van der Waals surface area contributed by atoms with Crippen LogP contribution in [-0.4, -0.2) is 33.9 Å². The fraction of sp³-hybridized carbons (Fsp3) is 0.364. The molecule has 3 N–H and O–H groups in total. The summed E-state index contributed by atoms with van der Waals surface area (Å²) in [4.78, 5) is 24.2. The van der Waals surface area contributed by atoms with Crippen molar-refractivity contribution in [1.29, 1.82) is 0 Å². The smallest absolute Gasteiger partial charge is 0.315 e. The Morgan fingerprint density at radius 1 is 1.00 bits per heavy atom. The molecule has 0 fully saturated rings. The third kappa shape index (κ3) is 4.63. The molecular weight excluding hydrogens is 360 g/mol. The first-order chi connectivity index (χ1) is 13.2. The van der Waals surface area contributed by atoms with E-state index in [0.717, 1.165) is 6.42 Å². The largest absolute Gasteiger partial charge is 0.508 e. The summed E-state index contributed by atoms with van der Waals surface area (Å²) in [6, 6.07) is 12.1. The van der Waals surface area contributed by atoms with Crippen molar-refractivity contribution < 1.29 is 29.6 Å². The molecule has 0 amide bonds. The van der Waals surface area contributed by atoms with Crippen LogP contribution in [0.3, 0.4) is 0 Å². The Kier molecular flexibility index (Phi) is 6.67. The van der Waals surface area contributed by atoms with Gasteiger partial charge in [-0.25, -0.2) is 0 Å². The number of aromatic hydroxyl groups is 1. The number of hydrogen-bond donors (Lipinski definition) is 3. The molecule has 2 rings (SSSR count). The summed E-state index contributed by atoms with van der Waals surface area (Å²) in [6.07, 6.45) is 0.900. The van der Waals surface area contributed by atoms with Crippen LogP contribution in [0.1, 0.15) is 44.2 Å². The normalized spacial score (nSPS) is 14.3. The van der Waals surface area contributed by atoms with Gasteiger partial charge in [-0.15, -0.1) is 0 Å². The number of phenols is 1. The van der Waals surface area contributed by atoms with Crippen LogP contribution in [0.15, 0.2) is 48.5 Å². The topological polar surface area (TPSA) is 104 Å². The lowest BCUT2D eigenvalue weighted by Gasteiger charge is -2.32. The van der Waals surface area contributed by atoms with E-state index in [1.807, 2.05) is 0 Å². The third-order valence-electron chi connectivity index (χ3n) is 4.91. The minimum absolute atomic E-state index is 0.0220. The van der Waals surface area contributed by atoms with Gasteiger partial charge in [0.25, 0.3) is 0 Å². The first-order valence-corrected chi connectivity index (χ1v) is 9.14. The van der Waals surface area contributed by atoms with Crippen LogP contribution in [0.4, 0.5) is 0 Å². The zero-order chi connectivity index (χ0) is 20.9. The second-order valence-corrected chi connectivity index (χ2v) is 7.43. The maximum absolute atomic E-state index is 12.1. The summed E-state index contributed by atoms with van der Waals surface area (Å²) in [5, 5.41) is 29.2. The van der Waals surface area contributed by atoms with Crippen molar-refractivity contribution in [1.82, 2.24) is 0 Å². The van der Waals surface area contributed by atoms with Gasteiger partial charge in [-0.2, -0.15) is 0 Å². The van der Waals surface area contributed by atoms with E-state index >= 15 is 0 Å². The molecular formula is C22H26O6. The highest BCUT2D eigenvalue weighted by Gasteiger charge is 2.48. The van der Waals surface area contributed by atoms with Gasteiger partial charge in [-0.1, -0.05) is 38.1 Å². The van der Waals surface area contributed by atoms with Gasteiger partial charge in [0.2, 0.25) is 0 Å². The molecule has 2 unspecified atom stereocenters. The van der Waals surface area contributed by atoms with Crippen molar-refractivity contribution in [3.8, 4) is 11.5 Å². The Bertz CT molecular complexity index is 810. The molecule has 0 aromatic heterocycles. The molecule has 0 aliphatic carbocycles. The van der Waals surface area contributed by atoms with E-state index in [9.17, 15) is 24.9 Å². The second kappa shape index (κ2) is 8.78. The second-order valence-electron chi connectivity index (χ2n) is 7.43. The number of carboxylic acids is 2. The predicted octanol–water partition coefficient (Wildman–Crippen LogP) is 4.03. The Labute approximate surface area is 164 Å². The molecule has 0 saturated heterocycles. The van der Waals surface area contributed by atoms with E-state index in [-0.39, 0.29) is 5.75 Å². The number of benzene rings is 2. The van der Waals surface area contributed by atoms with Gasteiger partial charge in [-0.05, 0) is 54.7 Å². The summed E-state index contributed by atoms with van der Waals surface area (Å²) in [5.74, 6) is -2.73. The highest BCUT2D eigenvalue weighted by molar-refractivity contribution is 5.92. The standard InChI is InChI=1S/C22H26O6/c1-14(2)12-13-28-18-10-4-15(5-11-18)19(20(24)25)22(3,21(26)27)16-6-8-17(23)9-7-16/h4-11,14,19,23H,12-13H2,1-3H3,(H,24,25)(H,26,27). The van der Waals surface area contributed by atoms with Crippen molar-refractivity contribution >= 4 is 11.9 Å². The van der Waals surface area contributed by atoms with Gasteiger partial charge in [0.05, 0.1) is 6.61 Å². The lowest BCUT2D eigenvalue weighted by molar-refractivity contribution is -0.151. The Balaban J connectivity index is 2.38. The average Bonchev–Trinajstić information content (AvgIpc) is 2.62. The quantitative estimate of drug-likeness (QED) is 0.601. The number of rotatable bonds is 9. The molecule has 2 atom stereocenters. The van der Waals surface area contributed by atoms with Crippen molar-refractivity contribution in [2.24, 2.45) is 5.92 Å². The SMILES string of the molecule is CC(C)CCOc1ccc(C(C(=O)O)C(C)(C(=O)O)c2ccc(O)cc2)cc1. The molecule has 6 nitrogen and oxygen atoms in total. The number of carbonyl (C=O) groups is 2. The summed E-state index contributed by atoms with van der Waals surface area (Å²) in [5.41, 5.74) is -1.07. The van der Waals surface area contributed by atoms with E-state index in [2.05, 4.69) is 13.8 Å². The van der Waals surface area contributed by atoms with Crippen LogP contribution < -0.4 is 4.74 Å². The molecule has 28 heavy (non-hydrogen) atoms. The zero-order valence-electron chi connectivity index (χ0n) is 16.3. The first kappa shape index (κ1) is 21.3. The van der Waals surface area contributed by atoms with E-state index in [4.69, 9.17) is 4.74 Å². The van der Waals surface area contributed by atoms with Crippen molar-refractivity contribution in [2.75, 3.05) is 6.61 Å². The van der Waals surface area contributed by atoms with Gasteiger partial charge in [-0.3, -0.25) is 9.59 Å². The van der Waals surface area contributed by atoms with Crippen molar-refractivity contribution in [3.05, 3.63) is 59.7 Å². The van der Waals surface area contributed by atoms with Gasteiger partial charge in [0.1, 0.15) is 22.8 Å². The number of ether oxygens (including phenoxy) is 1. The number of aliphatic carboxylic acids is 2. The van der Waals surface area contributed by atoms with Crippen LogP contribution in [-0.2, 0) is 15.0 Å². The molecule has 0 heterocycles. The Morgan fingerprint density at radius 3 is 2.04 bits per heavy atom. The fourth-order valence-corrected chi connectivity index (χ4v) is 3.11. The molecule has 6 heteroatoms. The summed E-state index contributed by atoms with van der Waals surface area (Å²) in [6.45, 7) is 6.13. The highest BCUT2D eigenvalue weighted by atomic mass is 16.5. The molecule has 2 aromatic carbocycles. The maximum atomic E-state index is 12.1. The number of phenolic OH excluding ortho intramolecular Hbond substituents is 1. The predicted molar refractivity (Wildman–Crippen MR) is 105 cm³/mol. The molecule has 0 bridgehead atoms.